The van der Waals surface area contributed by atoms with Gasteiger partial charge in [-0.25, -0.2) is 9.07 Å². The van der Waals surface area contributed by atoms with Crippen LogP contribution in [0.1, 0.15) is 33.6 Å². The molecule has 0 aliphatic carbocycles. The topological polar surface area (TPSA) is 74.8 Å². The van der Waals surface area contributed by atoms with E-state index in [1.807, 2.05) is 44.2 Å². The summed E-state index contributed by atoms with van der Waals surface area (Å²) in [5.41, 5.74) is 5.57. The molecule has 0 radical (unpaired) electrons. The quantitative estimate of drug-likeness (QED) is 0.383. The Labute approximate surface area is 197 Å². The second kappa shape index (κ2) is 10.1. The molecule has 7 heteroatoms. The number of halogens is 1. The zero-order chi connectivity index (χ0) is 24.1. The molecule has 0 unspecified atom stereocenters. The van der Waals surface area contributed by atoms with Crippen LogP contribution in [0.25, 0.3) is 16.9 Å². The highest BCUT2D eigenvalue weighted by atomic mass is 19.1. The molecule has 170 valence electrons. The van der Waals surface area contributed by atoms with E-state index in [0.717, 1.165) is 22.3 Å². The lowest BCUT2D eigenvalue weighted by Gasteiger charge is -2.22. The highest BCUT2D eigenvalue weighted by Crippen LogP contribution is 2.25. The first kappa shape index (κ1) is 22.9. The van der Waals surface area contributed by atoms with Gasteiger partial charge in [0, 0.05) is 31.0 Å². The van der Waals surface area contributed by atoms with Crippen molar-refractivity contribution in [1.82, 2.24) is 19.7 Å². The first-order chi connectivity index (χ1) is 16.5. The molecular weight excluding hydrogens is 429 g/mol. The molecule has 0 fully saturated rings. The number of benzene rings is 2. The smallest absolute Gasteiger partial charge is 0.272 e. The number of aromatic nitrogens is 3. The van der Waals surface area contributed by atoms with Crippen LogP contribution in [-0.4, -0.2) is 32.1 Å². The second-order valence-corrected chi connectivity index (χ2v) is 8.10. The zero-order valence-electron chi connectivity index (χ0n) is 19.1. The molecule has 6 nitrogen and oxygen atoms in total. The molecule has 4 aromatic rings. The lowest BCUT2D eigenvalue weighted by molar-refractivity contribution is 0.0737. The normalized spacial score (nSPS) is 10.6. The van der Waals surface area contributed by atoms with E-state index < -0.39 is 0 Å². The SMILES string of the molecule is Cc1ccc(-c2cc(C(=O)N(CCC#N)Cc3cccnc3)n(-c3ccc(F)cc3)n2)cc1C. The van der Waals surface area contributed by atoms with Gasteiger partial charge in [-0.15, -0.1) is 0 Å². The number of nitrogens with zero attached hydrogens (tertiary/aromatic N) is 5. The largest absolute Gasteiger partial charge is 0.332 e. The predicted molar refractivity (Wildman–Crippen MR) is 128 cm³/mol. The molecule has 0 aliphatic heterocycles. The van der Waals surface area contributed by atoms with E-state index in [9.17, 15) is 9.18 Å². The molecule has 0 aliphatic rings. The summed E-state index contributed by atoms with van der Waals surface area (Å²) in [6.07, 6.45) is 3.57. The highest BCUT2D eigenvalue weighted by molar-refractivity contribution is 5.94. The van der Waals surface area contributed by atoms with E-state index in [2.05, 4.69) is 11.1 Å². The van der Waals surface area contributed by atoms with E-state index in [1.165, 1.54) is 16.8 Å². The zero-order valence-corrected chi connectivity index (χ0v) is 19.1. The Hall–Kier alpha value is -4.31. The maximum absolute atomic E-state index is 13.7. The predicted octanol–water partition coefficient (Wildman–Crippen LogP) is 5.25. The summed E-state index contributed by atoms with van der Waals surface area (Å²) in [5, 5.41) is 13.9. The molecule has 34 heavy (non-hydrogen) atoms. The average molecular weight is 454 g/mol. The third-order valence-corrected chi connectivity index (χ3v) is 5.68. The van der Waals surface area contributed by atoms with Gasteiger partial charge in [-0.3, -0.25) is 9.78 Å². The van der Waals surface area contributed by atoms with Crippen LogP contribution in [-0.2, 0) is 6.54 Å². The van der Waals surface area contributed by atoms with Crippen LogP contribution in [0.15, 0.2) is 73.1 Å². The molecule has 2 heterocycles. The highest BCUT2D eigenvalue weighted by Gasteiger charge is 2.23. The molecule has 2 aromatic heterocycles. The van der Waals surface area contributed by atoms with Gasteiger partial charge in [-0.05, 0) is 73.0 Å². The van der Waals surface area contributed by atoms with Gasteiger partial charge in [0.25, 0.3) is 5.91 Å². The molecule has 0 atom stereocenters. The molecule has 0 saturated heterocycles. The van der Waals surface area contributed by atoms with Crippen molar-refractivity contribution in [2.75, 3.05) is 6.54 Å². The molecule has 1 amide bonds. The number of carbonyl (C=O) groups is 1. The van der Waals surface area contributed by atoms with Crippen molar-refractivity contribution in [3.63, 3.8) is 0 Å². The van der Waals surface area contributed by atoms with Crippen LogP contribution in [0.5, 0.6) is 0 Å². The van der Waals surface area contributed by atoms with Gasteiger partial charge < -0.3 is 4.90 Å². The van der Waals surface area contributed by atoms with Crippen LogP contribution in [0, 0.1) is 31.0 Å². The van der Waals surface area contributed by atoms with Crippen molar-refractivity contribution < 1.29 is 9.18 Å². The Morgan fingerprint density at radius 1 is 1.09 bits per heavy atom. The monoisotopic (exact) mass is 453 g/mol. The van der Waals surface area contributed by atoms with E-state index in [-0.39, 0.29) is 24.7 Å². The molecule has 0 bridgehead atoms. The third kappa shape index (κ3) is 5.02. The summed E-state index contributed by atoms with van der Waals surface area (Å²) in [7, 11) is 0. The summed E-state index contributed by atoms with van der Waals surface area (Å²) in [6.45, 7) is 4.63. The number of hydrogen-bond acceptors (Lipinski definition) is 4. The van der Waals surface area contributed by atoms with Crippen LogP contribution in [0.4, 0.5) is 4.39 Å². The number of pyridine rings is 1. The molecule has 0 saturated carbocycles. The maximum atomic E-state index is 13.7. The summed E-state index contributed by atoms with van der Waals surface area (Å²) in [6, 6.07) is 19.4. The summed E-state index contributed by atoms with van der Waals surface area (Å²) in [4.78, 5) is 19.5. The fraction of sp³-hybridized carbons (Fsp3) is 0.185. The van der Waals surface area contributed by atoms with Crippen molar-refractivity contribution in [3.8, 4) is 23.0 Å². The van der Waals surface area contributed by atoms with Crippen molar-refractivity contribution in [2.45, 2.75) is 26.8 Å². The lowest BCUT2D eigenvalue weighted by Crippen LogP contribution is -2.33. The molecule has 0 N–H and O–H groups in total. The average Bonchev–Trinajstić information content (AvgIpc) is 3.29. The fourth-order valence-corrected chi connectivity index (χ4v) is 3.67. The van der Waals surface area contributed by atoms with E-state index in [4.69, 9.17) is 10.4 Å². The standard InChI is InChI=1S/C27H24FN5O/c1-19-6-7-22(15-20(19)2)25-16-26(33(31-25)24-10-8-23(28)9-11-24)27(34)32(14-4-12-29)18-21-5-3-13-30-17-21/h3,5-11,13,15-17H,4,14,18H2,1-2H3. The first-order valence-electron chi connectivity index (χ1n) is 10.9. The Morgan fingerprint density at radius 2 is 1.88 bits per heavy atom. The van der Waals surface area contributed by atoms with Gasteiger partial charge in [-0.1, -0.05) is 18.2 Å². The van der Waals surface area contributed by atoms with Crippen LogP contribution < -0.4 is 0 Å². The second-order valence-electron chi connectivity index (χ2n) is 8.10. The third-order valence-electron chi connectivity index (χ3n) is 5.68. The molecular formula is C27H24FN5O. The van der Waals surface area contributed by atoms with Gasteiger partial charge in [0.2, 0.25) is 0 Å². The minimum Gasteiger partial charge on any atom is -0.332 e. The van der Waals surface area contributed by atoms with Crippen molar-refractivity contribution in [1.29, 1.82) is 5.26 Å². The molecule has 0 spiro atoms. The minimum atomic E-state index is -0.370. The number of carbonyl (C=O) groups excluding carboxylic acids is 1. The van der Waals surface area contributed by atoms with Gasteiger partial charge in [0.05, 0.1) is 23.9 Å². The van der Waals surface area contributed by atoms with E-state index >= 15 is 0 Å². The Balaban J connectivity index is 1.79. The Kier molecular flexibility index (Phi) is 6.79. The number of hydrogen-bond donors (Lipinski definition) is 0. The van der Waals surface area contributed by atoms with Crippen molar-refractivity contribution in [3.05, 3.63) is 101 Å². The Bertz CT molecular complexity index is 1340. The van der Waals surface area contributed by atoms with Gasteiger partial charge in [0.15, 0.2) is 0 Å². The molecule has 2 aromatic carbocycles. The summed E-state index contributed by atoms with van der Waals surface area (Å²) < 4.78 is 15.1. The summed E-state index contributed by atoms with van der Waals surface area (Å²) in [5.74, 6) is -0.642. The molecule has 4 rings (SSSR count). The van der Waals surface area contributed by atoms with Gasteiger partial charge >= 0.3 is 0 Å². The van der Waals surface area contributed by atoms with Crippen LogP contribution >= 0.6 is 0 Å². The van der Waals surface area contributed by atoms with Gasteiger partial charge in [0.1, 0.15) is 11.5 Å². The minimum absolute atomic E-state index is 0.195. The number of rotatable bonds is 7. The number of amides is 1. The van der Waals surface area contributed by atoms with Crippen molar-refractivity contribution in [2.24, 2.45) is 0 Å². The van der Waals surface area contributed by atoms with Crippen LogP contribution in [0.3, 0.4) is 0 Å². The van der Waals surface area contributed by atoms with Crippen molar-refractivity contribution >= 4 is 5.91 Å². The maximum Gasteiger partial charge on any atom is 0.272 e. The number of nitriles is 1. The van der Waals surface area contributed by atoms with Gasteiger partial charge in [-0.2, -0.15) is 10.4 Å². The fourth-order valence-electron chi connectivity index (χ4n) is 3.67. The summed E-state index contributed by atoms with van der Waals surface area (Å²) >= 11 is 0. The Morgan fingerprint density at radius 3 is 2.56 bits per heavy atom. The number of aryl methyl sites for hydroxylation is 2. The van der Waals surface area contributed by atoms with E-state index in [0.29, 0.717) is 23.6 Å². The van der Waals surface area contributed by atoms with E-state index in [1.54, 1.807) is 35.5 Å². The first-order valence-corrected chi connectivity index (χ1v) is 10.9. The lowest BCUT2D eigenvalue weighted by atomic mass is 10.0. The van der Waals surface area contributed by atoms with Crippen LogP contribution in [0.2, 0.25) is 0 Å².